The minimum atomic E-state index is -1.02. The van der Waals surface area contributed by atoms with Crippen molar-refractivity contribution in [2.45, 2.75) is 120 Å². The summed E-state index contributed by atoms with van der Waals surface area (Å²) >= 11 is 12.7. The van der Waals surface area contributed by atoms with Gasteiger partial charge in [0.1, 0.15) is 0 Å². The van der Waals surface area contributed by atoms with E-state index in [1.54, 1.807) is 4.90 Å². The van der Waals surface area contributed by atoms with E-state index in [-0.39, 0.29) is 41.8 Å². The normalized spacial score (nSPS) is 24.5. The molecule has 2 saturated carbocycles. The van der Waals surface area contributed by atoms with Crippen molar-refractivity contribution in [3.63, 3.8) is 0 Å². The van der Waals surface area contributed by atoms with Crippen LogP contribution in [0.2, 0.25) is 10.0 Å². The summed E-state index contributed by atoms with van der Waals surface area (Å²) in [6.07, 6.45) is 10.2. The minimum absolute atomic E-state index is 0.0460. The number of carbonyl (C=O) groups is 3. The van der Waals surface area contributed by atoms with Crippen LogP contribution in [0.15, 0.2) is 48.5 Å². The number of benzene rings is 2. The van der Waals surface area contributed by atoms with Crippen LogP contribution in [-0.4, -0.2) is 71.5 Å². The SMILES string of the molecule is O=C1NC2(CCOCC2)C[C@@H]1C[C@@H](CO)NC(=O)[C@H](CC1CCCCC1)OC(=O)N(Cc1cccc(Cl)c1)C1CCCC1Cc1cccc(Cl)c1. The summed E-state index contributed by atoms with van der Waals surface area (Å²) in [5.41, 5.74) is 1.73. The second-order valence-corrected chi connectivity index (χ2v) is 16.2. The van der Waals surface area contributed by atoms with Crippen LogP contribution in [0.3, 0.4) is 0 Å². The van der Waals surface area contributed by atoms with Gasteiger partial charge in [-0.1, -0.05) is 86.0 Å². The van der Waals surface area contributed by atoms with Crippen LogP contribution in [-0.2, 0) is 32.0 Å². The third-order valence-electron chi connectivity index (χ3n) is 11.7. The Labute approximate surface area is 312 Å². The van der Waals surface area contributed by atoms with Crippen molar-refractivity contribution >= 4 is 41.1 Å². The molecule has 11 heteroatoms. The molecule has 2 saturated heterocycles. The average molecular weight is 743 g/mol. The Morgan fingerprint density at radius 2 is 1.67 bits per heavy atom. The molecule has 1 spiro atoms. The smallest absolute Gasteiger partial charge is 0.411 e. The number of aliphatic hydroxyl groups is 1. The molecule has 3 amide bonds. The molecule has 2 aliphatic heterocycles. The lowest BCUT2D eigenvalue weighted by atomic mass is 9.83. The van der Waals surface area contributed by atoms with E-state index in [0.29, 0.717) is 49.1 Å². The fourth-order valence-corrected chi connectivity index (χ4v) is 9.41. The predicted molar refractivity (Wildman–Crippen MR) is 197 cm³/mol. The summed E-state index contributed by atoms with van der Waals surface area (Å²) in [4.78, 5) is 43.3. The fraction of sp³-hybridized carbons (Fsp3) is 0.625. The molecule has 5 atom stereocenters. The summed E-state index contributed by atoms with van der Waals surface area (Å²) in [7, 11) is 0. The van der Waals surface area contributed by atoms with E-state index in [2.05, 4.69) is 16.7 Å². The standard InChI is InChI=1S/C40H53Cl2N3O6/c41-32-12-4-9-28(20-32)19-30-11-6-14-35(30)45(25-29-10-5-13-33(42)21-29)39(49)51-36(22-27-7-2-1-3-8-27)38(48)43-34(26-46)23-31-24-40(44-37(31)47)15-17-50-18-16-40/h4-5,9-10,12-13,20-21,27,30-31,34-36,46H,1-3,6-8,11,14-19,22-26H2,(H,43,48)(H,44,47)/t30?,31-,34-,35?,36-/m0/s1. The van der Waals surface area contributed by atoms with Gasteiger partial charge in [-0.05, 0) is 98.6 Å². The second-order valence-electron chi connectivity index (χ2n) is 15.4. The van der Waals surface area contributed by atoms with E-state index < -0.39 is 24.1 Å². The Bertz CT molecular complexity index is 1500. The van der Waals surface area contributed by atoms with Crippen LogP contribution in [0.4, 0.5) is 4.79 Å². The highest BCUT2D eigenvalue weighted by molar-refractivity contribution is 6.30. The maximum atomic E-state index is 14.4. The van der Waals surface area contributed by atoms with Crippen molar-refractivity contribution in [1.82, 2.24) is 15.5 Å². The molecule has 278 valence electrons. The predicted octanol–water partition coefficient (Wildman–Crippen LogP) is 7.23. The molecule has 51 heavy (non-hydrogen) atoms. The number of hydrogen-bond donors (Lipinski definition) is 3. The number of aliphatic hydroxyl groups excluding tert-OH is 1. The first kappa shape index (κ1) is 37.9. The molecule has 0 radical (unpaired) electrons. The molecule has 0 aromatic heterocycles. The molecule has 2 aliphatic carbocycles. The van der Waals surface area contributed by atoms with Crippen LogP contribution in [0.25, 0.3) is 0 Å². The first-order chi connectivity index (χ1) is 24.7. The highest BCUT2D eigenvalue weighted by Gasteiger charge is 2.46. The fourth-order valence-electron chi connectivity index (χ4n) is 8.98. The monoisotopic (exact) mass is 741 g/mol. The van der Waals surface area contributed by atoms with E-state index in [1.807, 2.05) is 42.5 Å². The molecule has 0 bridgehead atoms. The van der Waals surface area contributed by atoms with Gasteiger partial charge in [0.05, 0.1) is 12.6 Å². The summed E-state index contributed by atoms with van der Waals surface area (Å²) in [6.45, 7) is 1.20. The van der Waals surface area contributed by atoms with Gasteiger partial charge in [0.15, 0.2) is 6.10 Å². The van der Waals surface area contributed by atoms with E-state index >= 15 is 0 Å². The zero-order chi connectivity index (χ0) is 35.8. The Hall–Kier alpha value is -2.85. The van der Waals surface area contributed by atoms with Gasteiger partial charge in [0, 0.05) is 47.3 Å². The minimum Gasteiger partial charge on any atom is -0.436 e. The molecule has 4 fully saturated rings. The largest absolute Gasteiger partial charge is 0.436 e. The van der Waals surface area contributed by atoms with Crippen LogP contribution >= 0.6 is 23.2 Å². The van der Waals surface area contributed by atoms with Crippen molar-refractivity contribution in [2.75, 3.05) is 19.8 Å². The van der Waals surface area contributed by atoms with Crippen LogP contribution in [0.1, 0.15) is 94.6 Å². The van der Waals surface area contributed by atoms with Gasteiger partial charge >= 0.3 is 6.09 Å². The van der Waals surface area contributed by atoms with Crippen LogP contribution < -0.4 is 10.6 Å². The summed E-state index contributed by atoms with van der Waals surface area (Å²) < 4.78 is 11.8. The van der Waals surface area contributed by atoms with E-state index in [0.717, 1.165) is 75.3 Å². The third-order valence-corrected chi connectivity index (χ3v) is 12.1. The van der Waals surface area contributed by atoms with Crippen molar-refractivity contribution < 1.29 is 29.0 Å². The first-order valence-electron chi connectivity index (χ1n) is 19.0. The summed E-state index contributed by atoms with van der Waals surface area (Å²) in [6, 6.07) is 14.6. The number of hydrogen-bond acceptors (Lipinski definition) is 6. The number of ether oxygens (including phenoxy) is 2. The Morgan fingerprint density at radius 1 is 0.961 bits per heavy atom. The number of halogens is 2. The number of nitrogens with zero attached hydrogens (tertiary/aromatic N) is 1. The van der Waals surface area contributed by atoms with Crippen molar-refractivity contribution in [3.8, 4) is 0 Å². The van der Waals surface area contributed by atoms with E-state index in [9.17, 15) is 19.5 Å². The van der Waals surface area contributed by atoms with Gasteiger partial charge in [0.25, 0.3) is 5.91 Å². The highest BCUT2D eigenvalue weighted by Crippen LogP contribution is 2.37. The molecule has 9 nitrogen and oxygen atoms in total. The molecule has 2 unspecified atom stereocenters. The van der Waals surface area contributed by atoms with Crippen molar-refractivity contribution in [2.24, 2.45) is 17.8 Å². The topological polar surface area (TPSA) is 117 Å². The lowest BCUT2D eigenvalue weighted by molar-refractivity contribution is -0.133. The average Bonchev–Trinajstić information content (AvgIpc) is 3.69. The molecule has 4 aliphatic rings. The molecular weight excluding hydrogens is 689 g/mol. The van der Waals surface area contributed by atoms with Crippen LogP contribution in [0, 0.1) is 17.8 Å². The molecule has 2 aromatic carbocycles. The maximum absolute atomic E-state index is 14.4. The summed E-state index contributed by atoms with van der Waals surface area (Å²) in [5, 5.41) is 17.8. The van der Waals surface area contributed by atoms with Gasteiger partial charge in [-0.15, -0.1) is 0 Å². The summed E-state index contributed by atoms with van der Waals surface area (Å²) in [5.74, 6) is -0.345. The Balaban J connectivity index is 1.19. The second kappa shape index (κ2) is 17.8. The third kappa shape index (κ3) is 10.2. The molecule has 2 aromatic rings. The van der Waals surface area contributed by atoms with Gasteiger partial charge < -0.3 is 30.1 Å². The maximum Gasteiger partial charge on any atom is 0.411 e. The van der Waals surface area contributed by atoms with Crippen molar-refractivity contribution in [3.05, 3.63) is 69.7 Å². The van der Waals surface area contributed by atoms with E-state index in [1.165, 1.54) is 6.42 Å². The van der Waals surface area contributed by atoms with Crippen molar-refractivity contribution in [1.29, 1.82) is 0 Å². The van der Waals surface area contributed by atoms with Gasteiger partial charge in [-0.3, -0.25) is 9.59 Å². The van der Waals surface area contributed by atoms with E-state index in [4.69, 9.17) is 32.7 Å². The number of amides is 3. The number of nitrogens with one attached hydrogen (secondary N) is 2. The highest BCUT2D eigenvalue weighted by atomic mass is 35.5. The molecular formula is C40H53Cl2N3O6. The van der Waals surface area contributed by atoms with Gasteiger partial charge in [0.2, 0.25) is 5.91 Å². The van der Waals surface area contributed by atoms with Crippen LogP contribution in [0.5, 0.6) is 0 Å². The lowest BCUT2D eigenvalue weighted by Gasteiger charge is -2.35. The number of rotatable bonds is 13. The van der Waals surface area contributed by atoms with Gasteiger partial charge in [-0.2, -0.15) is 0 Å². The number of carbonyl (C=O) groups excluding carboxylic acids is 3. The molecule has 6 rings (SSSR count). The quantitative estimate of drug-likeness (QED) is 0.199. The molecule has 3 N–H and O–H groups in total. The zero-order valence-corrected chi connectivity index (χ0v) is 31.0. The van der Waals surface area contributed by atoms with Gasteiger partial charge in [-0.25, -0.2) is 4.79 Å². The molecule has 2 heterocycles. The zero-order valence-electron chi connectivity index (χ0n) is 29.5. The Kier molecular flexibility index (Phi) is 13.2. The lowest BCUT2D eigenvalue weighted by Crippen LogP contribution is -2.49. The first-order valence-corrected chi connectivity index (χ1v) is 19.7. The Morgan fingerprint density at radius 3 is 2.37 bits per heavy atom.